The largest absolute Gasteiger partial charge is 0.494 e. The average Bonchev–Trinajstić information content (AvgIpc) is 3.09. The molecule has 4 aromatic rings. The SMILES string of the molecule is CCOC(=O)c1c(-c2ccc(F)c(OC)c2)c2ccccc2n1Cc1ccccc1. The van der Waals surface area contributed by atoms with E-state index in [-0.39, 0.29) is 12.4 Å². The highest BCUT2D eigenvalue weighted by Gasteiger charge is 2.25. The van der Waals surface area contributed by atoms with Crippen LogP contribution in [0.25, 0.3) is 22.0 Å². The lowest BCUT2D eigenvalue weighted by molar-refractivity contribution is 0.0516. The zero-order valence-corrected chi connectivity index (χ0v) is 16.9. The number of nitrogens with zero attached hydrogens (tertiary/aromatic N) is 1. The smallest absolute Gasteiger partial charge is 0.355 e. The van der Waals surface area contributed by atoms with Gasteiger partial charge in [0.05, 0.1) is 13.7 Å². The number of rotatable bonds is 6. The number of fused-ring (bicyclic) bond motifs is 1. The molecule has 152 valence electrons. The van der Waals surface area contributed by atoms with E-state index in [1.807, 2.05) is 59.2 Å². The summed E-state index contributed by atoms with van der Waals surface area (Å²) in [5.74, 6) is -0.739. The van der Waals surface area contributed by atoms with Gasteiger partial charge in [0, 0.05) is 23.0 Å². The van der Waals surface area contributed by atoms with E-state index in [0.717, 1.165) is 16.5 Å². The first-order valence-electron chi connectivity index (χ1n) is 9.80. The van der Waals surface area contributed by atoms with Crippen molar-refractivity contribution in [2.24, 2.45) is 0 Å². The minimum Gasteiger partial charge on any atom is -0.494 e. The molecule has 0 aliphatic rings. The van der Waals surface area contributed by atoms with Gasteiger partial charge in [-0.2, -0.15) is 0 Å². The molecule has 0 bridgehead atoms. The molecule has 0 radical (unpaired) electrons. The van der Waals surface area contributed by atoms with Crippen LogP contribution in [0.5, 0.6) is 5.75 Å². The second-order valence-corrected chi connectivity index (χ2v) is 6.88. The van der Waals surface area contributed by atoms with Crippen LogP contribution in [0.15, 0.2) is 72.8 Å². The fraction of sp³-hybridized carbons (Fsp3) is 0.160. The van der Waals surface area contributed by atoms with E-state index in [1.54, 1.807) is 19.1 Å². The van der Waals surface area contributed by atoms with E-state index in [4.69, 9.17) is 9.47 Å². The molecule has 1 heterocycles. The number of hydrogen-bond acceptors (Lipinski definition) is 3. The summed E-state index contributed by atoms with van der Waals surface area (Å²) in [5.41, 5.74) is 3.81. The number of aromatic nitrogens is 1. The molecule has 0 spiro atoms. The van der Waals surface area contributed by atoms with Crippen LogP contribution in [0.2, 0.25) is 0 Å². The van der Waals surface area contributed by atoms with Gasteiger partial charge in [-0.3, -0.25) is 0 Å². The van der Waals surface area contributed by atoms with Crippen LogP contribution < -0.4 is 4.74 Å². The molecule has 0 saturated heterocycles. The summed E-state index contributed by atoms with van der Waals surface area (Å²) >= 11 is 0. The third-order valence-corrected chi connectivity index (χ3v) is 5.06. The highest BCUT2D eigenvalue weighted by Crippen LogP contribution is 2.38. The first kappa shape index (κ1) is 19.7. The van der Waals surface area contributed by atoms with Gasteiger partial charge in [0.15, 0.2) is 11.6 Å². The van der Waals surface area contributed by atoms with Crippen molar-refractivity contribution in [2.45, 2.75) is 13.5 Å². The van der Waals surface area contributed by atoms with Gasteiger partial charge in [0.25, 0.3) is 0 Å². The third-order valence-electron chi connectivity index (χ3n) is 5.06. The fourth-order valence-electron chi connectivity index (χ4n) is 3.75. The first-order chi connectivity index (χ1) is 14.6. The minimum atomic E-state index is -0.452. The highest BCUT2D eigenvalue weighted by molar-refractivity contribution is 6.08. The summed E-state index contributed by atoms with van der Waals surface area (Å²) in [6, 6.07) is 22.4. The number of carbonyl (C=O) groups excluding carboxylic acids is 1. The summed E-state index contributed by atoms with van der Waals surface area (Å²) in [7, 11) is 1.42. The van der Waals surface area contributed by atoms with Crippen LogP contribution >= 0.6 is 0 Å². The van der Waals surface area contributed by atoms with Gasteiger partial charge >= 0.3 is 5.97 Å². The molecule has 0 saturated carbocycles. The Kier molecular flexibility index (Phi) is 5.53. The van der Waals surface area contributed by atoms with Crippen LogP contribution in [-0.2, 0) is 11.3 Å². The summed E-state index contributed by atoms with van der Waals surface area (Å²) in [5, 5.41) is 0.894. The zero-order chi connectivity index (χ0) is 21.1. The van der Waals surface area contributed by atoms with E-state index >= 15 is 0 Å². The molecule has 0 N–H and O–H groups in total. The van der Waals surface area contributed by atoms with Gasteiger partial charge in [-0.25, -0.2) is 9.18 Å². The number of carbonyl (C=O) groups is 1. The molecule has 3 aromatic carbocycles. The Balaban J connectivity index is 2.01. The van der Waals surface area contributed by atoms with E-state index in [0.29, 0.717) is 23.4 Å². The number of benzene rings is 3. The summed E-state index contributed by atoms with van der Waals surface area (Å²) in [4.78, 5) is 13.1. The number of halogens is 1. The van der Waals surface area contributed by atoms with Gasteiger partial charge in [-0.05, 0) is 36.2 Å². The molecule has 0 amide bonds. The molecule has 30 heavy (non-hydrogen) atoms. The number of hydrogen-bond donors (Lipinski definition) is 0. The maximum absolute atomic E-state index is 14.1. The summed E-state index contributed by atoms with van der Waals surface area (Å²) in [6.07, 6.45) is 0. The van der Waals surface area contributed by atoms with Gasteiger partial charge in [-0.15, -0.1) is 0 Å². The van der Waals surface area contributed by atoms with Crippen molar-refractivity contribution in [1.29, 1.82) is 0 Å². The van der Waals surface area contributed by atoms with E-state index in [9.17, 15) is 9.18 Å². The van der Waals surface area contributed by atoms with Gasteiger partial charge < -0.3 is 14.0 Å². The Hall–Kier alpha value is -3.60. The molecule has 0 atom stereocenters. The lowest BCUT2D eigenvalue weighted by Gasteiger charge is -2.12. The fourth-order valence-corrected chi connectivity index (χ4v) is 3.75. The quantitative estimate of drug-likeness (QED) is 0.389. The Morgan fingerprint density at radius 1 is 1.00 bits per heavy atom. The monoisotopic (exact) mass is 403 g/mol. The number of ether oxygens (including phenoxy) is 2. The van der Waals surface area contributed by atoms with Crippen molar-refractivity contribution < 1.29 is 18.7 Å². The minimum absolute atomic E-state index is 0.127. The topological polar surface area (TPSA) is 40.5 Å². The lowest BCUT2D eigenvalue weighted by Crippen LogP contribution is -2.14. The lowest BCUT2D eigenvalue weighted by atomic mass is 10.0. The van der Waals surface area contributed by atoms with Crippen LogP contribution in [0.4, 0.5) is 4.39 Å². The molecule has 4 nitrogen and oxygen atoms in total. The van der Waals surface area contributed by atoms with Crippen molar-refractivity contribution in [3.8, 4) is 16.9 Å². The molecule has 0 aliphatic carbocycles. The van der Waals surface area contributed by atoms with Crippen molar-refractivity contribution in [3.63, 3.8) is 0 Å². The summed E-state index contributed by atoms with van der Waals surface area (Å²) < 4.78 is 26.6. The van der Waals surface area contributed by atoms with E-state index in [2.05, 4.69) is 0 Å². The molecule has 0 unspecified atom stereocenters. The summed E-state index contributed by atoms with van der Waals surface area (Å²) in [6.45, 7) is 2.55. The van der Waals surface area contributed by atoms with Gasteiger partial charge in [-0.1, -0.05) is 54.6 Å². The van der Waals surface area contributed by atoms with Crippen molar-refractivity contribution in [2.75, 3.05) is 13.7 Å². The molecule has 0 fully saturated rings. The standard InChI is InChI=1S/C25H22FNO3/c1-3-30-25(28)24-23(18-13-14-20(26)22(15-18)29-2)19-11-7-8-12-21(19)27(24)16-17-9-5-4-6-10-17/h4-15H,3,16H2,1-2H3. The third kappa shape index (κ3) is 3.54. The highest BCUT2D eigenvalue weighted by atomic mass is 19.1. The van der Waals surface area contributed by atoms with Crippen LogP contribution in [0, 0.1) is 5.82 Å². The van der Waals surface area contributed by atoms with E-state index in [1.165, 1.54) is 13.2 Å². The van der Waals surface area contributed by atoms with E-state index < -0.39 is 11.8 Å². The molecular formula is C25H22FNO3. The number of esters is 1. The zero-order valence-electron chi connectivity index (χ0n) is 16.9. The Morgan fingerprint density at radius 2 is 1.73 bits per heavy atom. The molecule has 4 rings (SSSR count). The molecule has 0 aliphatic heterocycles. The number of para-hydroxylation sites is 1. The predicted molar refractivity (Wildman–Crippen MR) is 115 cm³/mol. The van der Waals surface area contributed by atoms with Crippen LogP contribution in [0.1, 0.15) is 23.0 Å². The number of methoxy groups -OCH3 is 1. The van der Waals surface area contributed by atoms with Crippen molar-refractivity contribution >= 4 is 16.9 Å². The Bertz CT molecular complexity index is 1200. The first-order valence-corrected chi connectivity index (χ1v) is 9.80. The molecule has 1 aromatic heterocycles. The van der Waals surface area contributed by atoms with Crippen LogP contribution in [-0.4, -0.2) is 24.3 Å². The Morgan fingerprint density at radius 3 is 2.47 bits per heavy atom. The van der Waals surface area contributed by atoms with Crippen molar-refractivity contribution in [3.05, 3.63) is 89.9 Å². The molecular weight excluding hydrogens is 381 g/mol. The second kappa shape index (κ2) is 8.41. The second-order valence-electron chi connectivity index (χ2n) is 6.88. The molecule has 5 heteroatoms. The average molecular weight is 403 g/mol. The maximum Gasteiger partial charge on any atom is 0.355 e. The van der Waals surface area contributed by atoms with Gasteiger partial charge in [0.1, 0.15) is 5.69 Å². The normalized spacial score (nSPS) is 10.9. The van der Waals surface area contributed by atoms with Crippen molar-refractivity contribution in [1.82, 2.24) is 4.57 Å². The van der Waals surface area contributed by atoms with Crippen LogP contribution in [0.3, 0.4) is 0 Å². The van der Waals surface area contributed by atoms with Gasteiger partial charge in [0.2, 0.25) is 0 Å². The Labute approximate surface area is 174 Å². The predicted octanol–water partition coefficient (Wildman–Crippen LogP) is 5.68. The maximum atomic E-state index is 14.1.